The highest BCUT2D eigenvalue weighted by atomic mass is 32.1. The van der Waals surface area contributed by atoms with Crippen molar-refractivity contribution in [2.24, 2.45) is 0 Å². The minimum absolute atomic E-state index is 0.0218. The number of amides is 1. The van der Waals surface area contributed by atoms with Crippen molar-refractivity contribution < 1.29 is 9.59 Å². The highest BCUT2D eigenvalue weighted by molar-refractivity contribution is 7.14. The van der Waals surface area contributed by atoms with Crippen LogP contribution in [0.2, 0.25) is 0 Å². The van der Waals surface area contributed by atoms with E-state index in [0.29, 0.717) is 17.0 Å². The normalized spacial score (nSPS) is 11.6. The molecule has 1 aromatic heterocycles. The summed E-state index contributed by atoms with van der Waals surface area (Å²) in [7, 11) is 0. The van der Waals surface area contributed by atoms with Crippen LogP contribution >= 0.6 is 11.3 Å². The van der Waals surface area contributed by atoms with Crippen LogP contribution in [0.25, 0.3) is 0 Å². The van der Waals surface area contributed by atoms with Gasteiger partial charge in [-0.25, -0.2) is 0 Å². The number of carbonyl (C=O) groups is 2. The van der Waals surface area contributed by atoms with Gasteiger partial charge in [-0.2, -0.15) is 5.26 Å². The van der Waals surface area contributed by atoms with Crippen LogP contribution in [0.15, 0.2) is 36.4 Å². The van der Waals surface area contributed by atoms with Crippen LogP contribution in [0.1, 0.15) is 58.4 Å². The number of aryl methyl sites for hydroxylation is 1. The van der Waals surface area contributed by atoms with Crippen LogP contribution in [0.3, 0.4) is 0 Å². The Balaban J connectivity index is 1.99. The molecule has 0 bridgehead atoms. The summed E-state index contributed by atoms with van der Waals surface area (Å²) in [6, 6.07) is 13.0. The molecular weight excluding hydrogens is 332 g/mol. The highest BCUT2D eigenvalue weighted by Crippen LogP contribution is 2.23. The zero-order valence-electron chi connectivity index (χ0n) is 14.8. The van der Waals surface area contributed by atoms with E-state index in [0.717, 1.165) is 10.4 Å². The van der Waals surface area contributed by atoms with Crippen molar-refractivity contribution in [1.29, 1.82) is 5.26 Å². The number of rotatable bonds is 7. The minimum Gasteiger partial charge on any atom is -0.336 e. The van der Waals surface area contributed by atoms with Crippen LogP contribution in [0, 0.1) is 18.3 Å². The van der Waals surface area contributed by atoms with E-state index in [4.69, 9.17) is 5.26 Å². The molecule has 1 aromatic carbocycles. The Kier molecular flexibility index (Phi) is 6.49. The van der Waals surface area contributed by atoms with Crippen LogP contribution in [0.4, 0.5) is 0 Å². The van der Waals surface area contributed by atoms with Gasteiger partial charge < -0.3 is 4.90 Å². The Morgan fingerprint density at radius 3 is 2.36 bits per heavy atom. The van der Waals surface area contributed by atoms with Gasteiger partial charge in [0.25, 0.3) is 0 Å². The van der Waals surface area contributed by atoms with Gasteiger partial charge in [0.2, 0.25) is 5.91 Å². The average Bonchev–Trinajstić information content (AvgIpc) is 3.06. The zero-order chi connectivity index (χ0) is 18.4. The first-order chi connectivity index (χ1) is 12.0. The summed E-state index contributed by atoms with van der Waals surface area (Å²) in [6.07, 6.45) is 0.444. The van der Waals surface area contributed by atoms with Crippen molar-refractivity contribution in [3.05, 3.63) is 57.3 Å². The number of nitriles is 1. The van der Waals surface area contributed by atoms with Crippen molar-refractivity contribution >= 4 is 23.0 Å². The lowest BCUT2D eigenvalue weighted by atomic mass is 10.0. The number of nitrogens with zero attached hydrogens (tertiary/aromatic N) is 2. The lowest BCUT2D eigenvalue weighted by molar-refractivity contribution is -0.133. The molecule has 0 fully saturated rings. The molecule has 1 amide bonds. The second-order valence-corrected chi connectivity index (χ2v) is 7.21. The van der Waals surface area contributed by atoms with E-state index in [2.05, 4.69) is 6.07 Å². The molecule has 5 heteroatoms. The Labute approximate surface area is 152 Å². The van der Waals surface area contributed by atoms with Gasteiger partial charge in [-0.3, -0.25) is 9.59 Å². The van der Waals surface area contributed by atoms with Gasteiger partial charge in [-0.05, 0) is 50.6 Å². The number of Topliss-reactive ketones (excluding diaryl/α,β-unsaturated/α-hetero) is 1. The number of benzene rings is 1. The molecule has 0 saturated carbocycles. The Bertz CT molecular complexity index is 787. The molecule has 0 N–H and O–H groups in total. The second-order valence-electron chi connectivity index (χ2n) is 5.92. The van der Waals surface area contributed by atoms with E-state index >= 15 is 0 Å². The predicted octanol–water partition coefficient (Wildman–Crippen LogP) is 4.50. The third-order valence-electron chi connectivity index (χ3n) is 4.23. The molecule has 0 aliphatic rings. The molecule has 1 unspecified atom stereocenters. The van der Waals surface area contributed by atoms with Gasteiger partial charge in [0, 0.05) is 24.3 Å². The lowest BCUT2D eigenvalue weighted by Gasteiger charge is -2.28. The summed E-state index contributed by atoms with van der Waals surface area (Å²) in [4.78, 5) is 28.4. The largest absolute Gasteiger partial charge is 0.336 e. The maximum absolute atomic E-state index is 12.6. The standard InChI is InChI=1S/C20H22N2O2S/c1-4-22(15(3)17-8-6-16(13-21)7-9-17)20(24)12-10-18(23)19-11-5-14(2)25-19/h5-9,11,15H,4,10,12H2,1-3H3. The number of thiophene rings is 1. The van der Waals surface area contributed by atoms with Crippen molar-refractivity contribution in [2.45, 2.75) is 39.7 Å². The maximum atomic E-state index is 12.6. The molecule has 0 aliphatic heterocycles. The van der Waals surface area contributed by atoms with Gasteiger partial charge in [-0.1, -0.05) is 12.1 Å². The first-order valence-electron chi connectivity index (χ1n) is 8.35. The fourth-order valence-corrected chi connectivity index (χ4v) is 3.59. The summed E-state index contributed by atoms with van der Waals surface area (Å²) < 4.78 is 0. The fraction of sp³-hybridized carbons (Fsp3) is 0.350. The number of carbonyl (C=O) groups excluding carboxylic acids is 2. The van der Waals surface area contributed by atoms with Crippen LogP contribution < -0.4 is 0 Å². The molecule has 0 spiro atoms. The Morgan fingerprint density at radius 2 is 1.84 bits per heavy atom. The molecular formula is C20H22N2O2S. The van der Waals surface area contributed by atoms with Crippen molar-refractivity contribution in [1.82, 2.24) is 4.90 Å². The lowest BCUT2D eigenvalue weighted by Crippen LogP contribution is -2.33. The molecule has 4 nitrogen and oxygen atoms in total. The van der Waals surface area contributed by atoms with Crippen molar-refractivity contribution in [3.8, 4) is 6.07 Å². The van der Waals surface area contributed by atoms with Crippen LogP contribution in [-0.2, 0) is 4.79 Å². The zero-order valence-corrected chi connectivity index (χ0v) is 15.6. The van der Waals surface area contributed by atoms with E-state index in [1.807, 2.05) is 45.0 Å². The number of hydrogen-bond acceptors (Lipinski definition) is 4. The van der Waals surface area contributed by atoms with E-state index in [1.165, 1.54) is 11.3 Å². The second kappa shape index (κ2) is 8.59. The third-order valence-corrected chi connectivity index (χ3v) is 5.27. The van der Waals surface area contributed by atoms with E-state index in [1.54, 1.807) is 17.0 Å². The third kappa shape index (κ3) is 4.77. The highest BCUT2D eigenvalue weighted by Gasteiger charge is 2.21. The van der Waals surface area contributed by atoms with Crippen LogP contribution in [0.5, 0.6) is 0 Å². The smallest absolute Gasteiger partial charge is 0.223 e. The molecule has 0 radical (unpaired) electrons. The Morgan fingerprint density at radius 1 is 1.16 bits per heavy atom. The fourth-order valence-electron chi connectivity index (χ4n) is 2.75. The summed E-state index contributed by atoms with van der Waals surface area (Å²) in [5, 5.41) is 8.88. The first-order valence-corrected chi connectivity index (χ1v) is 9.17. The number of ketones is 1. The van der Waals surface area contributed by atoms with E-state index < -0.39 is 0 Å². The molecule has 1 heterocycles. The van der Waals surface area contributed by atoms with Gasteiger partial charge >= 0.3 is 0 Å². The average molecular weight is 354 g/mol. The summed E-state index contributed by atoms with van der Waals surface area (Å²) in [5.41, 5.74) is 1.58. The Hall–Kier alpha value is -2.45. The molecule has 130 valence electrons. The van der Waals surface area contributed by atoms with Gasteiger partial charge in [0.15, 0.2) is 5.78 Å². The number of hydrogen-bond donors (Lipinski definition) is 0. The van der Waals surface area contributed by atoms with E-state index in [-0.39, 0.29) is 30.6 Å². The van der Waals surface area contributed by atoms with Gasteiger partial charge in [-0.15, -0.1) is 11.3 Å². The van der Waals surface area contributed by atoms with Crippen molar-refractivity contribution in [3.63, 3.8) is 0 Å². The molecule has 2 rings (SSSR count). The van der Waals surface area contributed by atoms with Gasteiger partial charge in [0.05, 0.1) is 22.6 Å². The quantitative estimate of drug-likeness (QED) is 0.688. The summed E-state index contributed by atoms with van der Waals surface area (Å²) in [6.45, 7) is 6.44. The molecule has 0 saturated heterocycles. The van der Waals surface area contributed by atoms with Crippen molar-refractivity contribution in [2.75, 3.05) is 6.54 Å². The van der Waals surface area contributed by atoms with Crippen LogP contribution in [-0.4, -0.2) is 23.1 Å². The molecule has 25 heavy (non-hydrogen) atoms. The first kappa shape index (κ1) is 18.9. The van der Waals surface area contributed by atoms with E-state index in [9.17, 15) is 9.59 Å². The maximum Gasteiger partial charge on any atom is 0.223 e. The summed E-state index contributed by atoms with van der Waals surface area (Å²) >= 11 is 1.47. The molecule has 1 atom stereocenters. The molecule has 0 aliphatic carbocycles. The molecule has 2 aromatic rings. The minimum atomic E-state index is -0.0932. The monoisotopic (exact) mass is 354 g/mol. The predicted molar refractivity (Wildman–Crippen MR) is 99.6 cm³/mol. The summed E-state index contributed by atoms with van der Waals surface area (Å²) in [5.74, 6) is -0.00508. The SMILES string of the molecule is CCN(C(=O)CCC(=O)c1ccc(C)s1)C(C)c1ccc(C#N)cc1. The van der Waals surface area contributed by atoms with Gasteiger partial charge in [0.1, 0.15) is 0 Å². The topological polar surface area (TPSA) is 61.2 Å².